The van der Waals surface area contributed by atoms with Gasteiger partial charge in [-0.2, -0.15) is 4.98 Å². The molecule has 1 amide bonds. The smallest absolute Gasteiger partial charge is 0.247 e. The van der Waals surface area contributed by atoms with Gasteiger partial charge in [-0.1, -0.05) is 49.0 Å². The topological polar surface area (TPSA) is 96.8 Å². The van der Waals surface area contributed by atoms with Crippen LogP contribution in [0.1, 0.15) is 11.1 Å². The quantitative estimate of drug-likeness (QED) is 0.249. The van der Waals surface area contributed by atoms with Gasteiger partial charge in [-0.3, -0.25) is 4.79 Å². The lowest BCUT2D eigenvalue weighted by Crippen LogP contribution is -2.08. The van der Waals surface area contributed by atoms with Crippen molar-refractivity contribution in [1.29, 1.82) is 0 Å². The second-order valence-corrected chi connectivity index (χ2v) is 8.21. The Morgan fingerprint density at radius 2 is 1.72 bits per heavy atom. The first-order chi connectivity index (χ1) is 17.7. The number of aromatic nitrogens is 4. The van der Waals surface area contributed by atoms with E-state index in [1.54, 1.807) is 12.1 Å². The van der Waals surface area contributed by atoms with Crippen molar-refractivity contribution in [3.05, 3.63) is 115 Å². The summed E-state index contributed by atoms with van der Waals surface area (Å²) in [5.41, 5.74) is 4.97. The minimum Gasteiger partial charge on any atom is -0.350 e. The summed E-state index contributed by atoms with van der Waals surface area (Å²) in [4.78, 5) is 24.4. The molecule has 8 nitrogen and oxygen atoms in total. The molecule has 3 N–H and O–H groups in total. The van der Waals surface area contributed by atoms with E-state index in [0.29, 0.717) is 24.1 Å². The summed E-state index contributed by atoms with van der Waals surface area (Å²) in [6.45, 7) is 4.88. The molecule has 36 heavy (non-hydrogen) atoms. The predicted octanol–water partition coefficient (Wildman–Crippen LogP) is 5.35. The first-order valence-corrected chi connectivity index (χ1v) is 11.5. The number of carbonyl (C=O) groups is 1. The zero-order valence-corrected chi connectivity index (χ0v) is 19.6. The molecule has 0 aliphatic heterocycles. The third-order valence-electron chi connectivity index (χ3n) is 5.63. The van der Waals surface area contributed by atoms with Crippen LogP contribution in [0.2, 0.25) is 0 Å². The molecule has 0 atom stereocenters. The Kier molecular flexibility index (Phi) is 6.66. The van der Waals surface area contributed by atoms with E-state index in [2.05, 4.69) is 96.8 Å². The lowest BCUT2D eigenvalue weighted by atomic mass is 10.1. The van der Waals surface area contributed by atoms with Crippen LogP contribution in [0, 0.1) is 0 Å². The van der Waals surface area contributed by atoms with E-state index in [0.717, 1.165) is 17.8 Å². The van der Waals surface area contributed by atoms with Crippen LogP contribution in [0.15, 0.2) is 104 Å². The van der Waals surface area contributed by atoms with Gasteiger partial charge in [0.25, 0.3) is 0 Å². The molecule has 178 valence electrons. The first kappa shape index (κ1) is 22.8. The molecule has 0 bridgehead atoms. The number of carbonyl (C=O) groups excluding carboxylic acids is 1. The molecule has 0 aliphatic carbocycles. The lowest BCUT2D eigenvalue weighted by Gasteiger charge is -2.10. The summed E-state index contributed by atoms with van der Waals surface area (Å²) >= 11 is 0. The Morgan fingerprint density at radius 1 is 0.889 bits per heavy atom. The fourth-order valence-electron chi connectivity index (χ4n) is 3.90. The highest BCUT2D eigenvalue weighted by molar-refractivity contribution is 5.99. The van der Waals surface area contributed by atoms with Crippen LogP contribution in [0.25, 0.3) is 10.9 Å². The summed E-state index contributed by atoms with van der Waals surface area (Å²) in [5.74, 6) is 0.586. The van der Waals surface area contributed by atoms with Crippen LogP contribution in [-0.2, 0) is 17.9 Å². The summed E-state index contributed by atoms with van der Waals surface area (Å²) in [6, 6.07) is 26.3. The van der Waals surface area contributed by atoms with Crippen LogP contribution >= 0.6 is 0 Å². The van der Waals surface area contributed by atoms with Gasteiger partial charge in [-0.05, 0) is 59.0 Å². The van der Waals surface area contributed by atoms with Gasteiger partial charge in [0.15, 0.2) is 0 Å². The number of hydrogen-bond donors (Lipinski definition) is 3. The van der Waals surface area contributed by atoms with Crippen LogP contribution in [0.4, 0.5) is 23.3 Å². The minimum absolute atomic E-state index is 0.273. The Balaban J connectivity index is 1.23. The van der Waals surface area contributed by atoms with Crippen molar-refractivity contribution in [1.82, 2.24) is 19.5 Å². The molecular weight excluding hydrogens is 450 g/mol. The molecule has 0 fully saturated rings. The van der Waals surface area contributed by atoms with E-state index < -0.39 is 0 Å². The maximum atomic E-state index is 11.5. The fraction of sp³-hybridized carbons (Fsp3) is 0.0714. The monoisotopic (exact) mass is 475 g/mol. The second-order valence-electron chi connectivity index (χ2n) is 8.21. The maximum absolute atomic E-state index is 11.5. The summed E-state index contributed by atoms with van der Waals surface area (Å²) in [5, 5.41) is 10.3. The Labute approximate surface area is 208 Å². The number of fused-ring (bicyclic) bond motifs is 1. The minimum atomic E-state index is -0.273. The molecule has 0 unspecified atom stereocenters. The van der Waals surface area contributed by atoms with Gasteiger partial charge in [0.2, 0.25) is 17.8 Å². The van der Waals surface area contributed by atoms with Crippen molar-refractivity contribution in [2.75, 3.05) is 16.0 Å². The third-order valence-corrected chi connectivity index (χ3v) is 5.63. The third kappa shape index (κ3) is 5.56. The van der Waals surface area contributed by atoms with Crippen LogP contribution < -0.4 is 16.0 Å². The predicted molar refractivity (Wildman–Crippen MR) is 143 cm³/mol. The van der Waals surface area contributed by atoms with E-state index in [1.165, 1.54) is 28.9 Å². The molecule has 2 aromatic heterocycles. The van der Waals surface area contributed by atoms with Crippen molar-refractivity contribution in [3.8, 4) is 0 Å². The molecule has 0 saturated carbocycles. The zero-order valence-electron chi connectivity index (χ0n) is 19.6. The van der Waals surface area contributed by atoms with Crippen molar-refractivity contribution in [2.45, 2.75) is 13.1 Å². The van der Waals surface area contributed by atoms with Crippen LogP contribution in [0.5, 0.6) is 0 Å². The highest BCUT2D eigenvalue weighted by atomic mass is 16.1. The molecule has 0 spiro atoms. The van der Waals surface area contributed by atoms with E-state index in [4.69, 9.17) is 0 Å². The number of hydrogen-bond acceptors (Lipinski definition) is 6. The van der Waals surface area contributed by atoms with Gasteiger partial charge < -0.3 is 20.5 Å². The van der Waals surface area contributed by atoms with Crippen LogP contribution in [-0.4, -0.2) is 25.4 Å². The molecule has 0 radical (unpaired) electrons. The molecule has 5 rings (SSSR count). The molecular formula is C28H25N7O. The normalized spacial score (nSPS) is 10.7. The van der Waals surface area contributed by atoms with Gasteiger partial charge in [-0.15, -0.1) is 0 Å². The number of anilines is 4. The van der Waals surface area contributed by atoms with E-state index in [1.807, 2.05) is 18.2 Å². The Morgan fingerprint density at radius 3 is 2.58 bits per heavy atom. The highest BCUT2D eigenvalue weighted by Crippen LogP contribution is 2.21. The summed E-state index contributed by atoms with van der Waals surface area (Å²) in [6.07, 6.45) is 4.80. The zero-order chi connectivity index (χ0) is 24.7. The number of amides is 1. The molecule has 5 aromatic rings. The van der Waals surface area contributed by atoms with Crippen molar-refractivity contribution in [3.63, 3.8) is 0 Å². The number of nitrogens with one attached hydrogen (secondary N) is 3. The second kappa shape index (κ2) is 10.5. The van der Waals surface area contributed by atoms with Crippen molar-refractivity contribution < 1.29 is 4.79 Å². The number of benzene rings is 3. The van der Waals surface area contributed by atoms with E-state index in [9.17, 15) is 4.79 Å². The van der Waals surface area contributed by atoms with Gasteiger partial charge in [0, 0.05) is 36.2 Å². The number of nitrogens with zero attached hydrogens (tertiary/aromatic N) is 4. The summed E-state index contributed by atoms with van der Waals surface area (Å²) < 4.78 is 2.25. The van der Waals surface area contributed by atoms with Crippen LogP contribution in [0.3, 0.4) is 0 Å². The van der Waals surface area contributed by atoms with Gasteiger partial charge in [-0.25, -0.2) is 9.97 Å². The first-order valence-electron chi connectivity index (χ1n) is 11.5. The van der Waals surface area contributed by atoms with Crippen molar-refractivity contribution >= 4 is 40.1 Å². The van der Waals surface area contributed by atoms with Crippen molar-refractivity contribution in [2.24, 2.45) is 0 Å². The molecule has 8 heteroatoms. The van der Waals surface area contributed by atoms with Gasteiger partial charge in [0.1, 0.15) is 6.33 Å². The highest BCUT2D eigenvalue weighted by Gasteiger charge is 2.06. The Hall–Kier alpha value is -4.98. The molecule has 0 saturated heterocycles. The lowest BCUT2D eigenvalue weighted by molar-refractivity contribution is -0.111. The number of rotatable bonds is 9. The van der Waals surface area contributed by atoms with Gasteiger partial charge >= 0.3 is 0 Å². The van der Waals surface area contributed by atoms with Gasteiger partial charge in [0.05, 0.1) is 0 Å². The molecule has 2 heterocycles. The van der Waals surface area contributed by atoms with E-state index >= 15 is 0 Å². The Bertz CT molecular complexity index is 1510. The summed E-state index contributed by atoms with van der Waals surface area (Å²) in [7, 11) is 0. The SMILES string of the molecule is C=CC(=O)Nc1cccc(Nc2ncnc(NCc3ccc4c(ccn4Cc4ccccc4)c3)n2)c1. The maximum Gasteiger partial charge on any atom is 0.247 e. The van der Waals surface area contributed by atoms with E-state index in [-0.39, 0.29) is 5.91 Å². The standard InChI is InChI=1S/C28H25N7O/c1-2-26(36)32-23-9-6-10-24(16-23)33-28-31-19-30-27(34-28)29-17-21-11-12-25-22(15-21)13-14-35(25)18-20-7-4-3-5-8-20/h2-16,19H,1,17-18H2,(H,32,36)(H2,29,30,31,33,34). The molecule has 0 aliphatic rings. The molecule has 3 aromatic carbocycles. The average Bonchev–Trinajstić information content (AvgIpc) is 3.30. The average molecular weight is 476 g/mol. The fourth-order valence-corrected chi connectivity index (χ4v) is 3.90. The largest absolute Gasteiger partial charge is 0.350 e.